The van der Waals surface area contributed by atoms with Crippen molar-refractivity contribution in [2.24, 2.45) is 0 Å². The molecule has 0 radical (unpaired) electrons. The highest BCUT2D eigenvalue weighted by molar-refractivity contribution is 7.89. The number of imidazole rings is 1. The van der Waals surface area contributed by atoms with E-state index in [1.807, 2.05) is 0 Å². The van der Waals surface area contributed by atoms with E-state index in [1.54, 1.807) is 34.9 Å². The molecule has 2 aliphatic rings. The molecular formula is C17H22N4O3S. The average Bonchev–Trinajstić information content (AvgIpc) is 3.31. The number of sulfonamides is 1. The monoisotopic (exact) mass is 362 g/mol. The Hall–Kier alpha value is -1.90. The van der Waals surface area contributed by atoms with Crippen LogP contribution in [-0.2, 0) is 16.4 Å². The molecule has 134 valence electrons. The summed E-state index contributed by atoms with van der Waals surface area (Å²) in [6.07, 6.45) is 4.24. The van der Waals surface area contributed by atoms with Gasteiger partial charge in [0.1, 0.15) is 11.6 Å². The number of ether oxygens (including phenoxy) is 1. The average molecular weight is 362 g/mol. The van der Waals surface area contributed by atoms with Crippen LogP contribution < -0.4 is 4.74 Å². The molecule has 8 heteroatoms. The summed E-state index contributed by atoms with van der Waals surface area (Å²) in [5.74, 6) is 1.60. The minimum atomic E-state index is -3.53. The molecule has 0 aliphatic carbocycles. The van der Waals surface area contributed by atoms with E-state index < -0.39 is 10.0 Å². The van der Waals surface area contributed by atoms with Gasteiger partial charge >= 0.3 is 0 Å². The molecule has 25 heavy (non-hydrogen) atoms. The van der Waals surface area contributed by atoms with Crippen molar-refractivity contribution in [3.63, 3.8) is 0 Å². The third kappa shape index (κ3) is 2.94. The Kier molecular flexibility index (Phi) is 4.26. The van der Waals surface area contributed by atoms with E-state index in [0.29, 0.717) is 31.1 Å². The third-order valence-corrected chi connectivity index (χ3v) is 6.85. The van der Waals surface area contributed by atoms with Gasteiger partial charge in [-0.15, -0.1) is 0 Å². The Morgan fingerprint density at radius 1 is 1.36 bits per heavy atom. The van der Waals surface area contributed by atoms with Crippen molar-refractivity contribution >= 4 is 10.0 Å². The highest BCUT2D eigenvalue weighted by atomic mass is 32.2. The zero-order chi connectivity index (χ0) is 17.4. The Balaban J connectivity index is 1.62. The summed E-state index contributed by atoms with van der Waals surface area (Å²) in [6, 6.07) is 5.11. The topological polar surface area (TPSA) is 78.5 Å². The molecule has 2 aromatic rings. The molecule has 1 N–H and O–H groups in total. The molecule has 1 unspecified atom stereocenters. The first-order chi connectivity index (χ1) is 12.1. The van der Waals surface area contributed by atoms with Crippen LogP contribution in [0.1, 0.15) is 24.4 Å². The highest BCUT2D eigenvalue weighted by Crippen LogP contribution is 2.31. The molecule has 1 aromatic carbocycles. The van der Waals surface area contributed by atoms with Crippen molar-refractivity contribution in [1.82, 2.24) is 19.2 Å². The number of nitrogens with one attached hydrogen (secondary N) is 1. The first kappa shape index (κ1) is 16.6. The number of piperazine rings is 1. The van der Waals surface area contributed by atoms with Gasteiger partial charge < -0.3 is 9.72 Å². The largest absolute Gasteiger partial charge is 0.493 e. The van der Waals surface area contributed by atoms with Crippen LogP contribution in [0.15, 0.2) is 35.5 Å². The fraction of sp³-hybridized carbons (Fsp3) is 0.471. The summed E-state index contributed by atoms with van der Waals surface area (Å²) < 4.78 is 33.3. The number of likely N-dealkylation sites (N-methyl/N-ethyl adjacent to an activating group) is 1. The van der Waals surface area contributed by atoms with Crippen molar-refractivity contribution in [2.45, 2.75) is 24.3 Å². The minimum absolute atomic E-state index is 0.0544. The summed E-state index contributed by atoms with van der Waals surface area (Å²) in [5.41, 5.74) is 0.968. The van der Waals surface area contributed by atoms with E-state index in [0.717, 1.165) is 30.1 Å². The van der Waals surface area contributed by atoms with E-state index in [2.05, 4.69) is 21.8 Å². The van der Waals surface area contributed by atoms with Crippen LogP contribution in [0.2, 0.25) is 0 Å². The van der Waals surface area contributed by atoms with Crippen molar-refractivity contribution in [3.05, 3.63) is 42.0 Å². The number of hydrogen-bond acceptors (Lipinski definition) is 5. The second-order valence-electron chi connectivity index (χ2n) is 6.35. The number of fused-ring (bicyclic) bond motifs is 1. The lowest BCUT2D eigenvalue weighted by Gasteiger charge is -2.39. The lowest BCUT2D eigenvalue weighted by Crippen LogP contribution is -2.50. The van der Waals surface area contributed by atoms with Crippen LogP contribution in [0.5, 0.6) is 5.75 Å². The molecule has 4 rings (SSSR count). The van der Waals surface area contributed by atoms with Crippen molar-refractivity contribution in [3.8, 4) is 5.75 Å². The highest BCUT2D eigenvalue weighted by Gasteiger charge is 2.35. The second kappa shape index (κ2) is 6.44. The predicted octanol–water partition coefficient (Wildman–Crippen LogP) is 1.41. The van der Waals surface area contributed by atoms with Crippen LogP contribution in [-0.4, -0.2) is 60.4 Å². The maximum absolute atomic E-state index is 13.1. The first-order valence-electron chi connectivity index (χ1n) is 8.59. The van der Waals surface area contributed by atoms with E-state index in [4.69, 9.17) is 4.74 Å². The number of aromatic amines is 1. The number of benzene rings is 1. The van der Waals surface area contributed by atoms with Gasteiger partial charge in [0.05, 0.1) is 17.5 Å². The van der Waals surface area contributed by atoms with Gasteiger partial charge in [-0.3, -0.25) is 4.90 Å². The van der Waals surface area contributed by atoms with Crippen LogP contribution >= 0.6 is 0 Å². The van der Waals surface area contributed by atoms with Gasteiger partial charge in [0.25, 0.3) is 0 Å². The fourth-order valence-corrected chi connectivity index (χ4v) is 5.07. The molecule has 0 spiro atoms. The van der Waals surface area contributed by atoms with Gasteiger partial charge in [-0.05, 0) is 30.3 Å². The molecule has 0 bridgehead atoms. The molecule has 0 amide bonds. The number of aromatic nitrogens is 2. The zero-order valence-corrected chi connectivity index (χ0v) is 15.0. The second-order valence-corrected chi connectivity index (χ2v) is 8.29. The molecule has 3 heterocycles. The van der Waals surface area contributed by atoms with Gasteiger partial charge in [0, 0.05) is 38.4 Å². The Labute approximate surface area is 147 Å². The van der Waals surface area contributed by atoms with Crippen LogP contribution in [0.4, 0.5) is 0 Å². The van der Waals surface area contributed by atoms with Crippen LogP contribution in [0, 0.1) is 0 Å². The smallest absolute Gasteiger partial charge is 0.243 e. The SMILES string of the molecule is CCN1CCN(S(=O)(=O)c2ccc3c(c2)CCO3)CC1c1ncc[nH]1. The van der Waals surface area contributed by atoms with Crippen LogP contribution in [0.3, 0.4) is 0 Å². The van der Waals surface area contributed by atoms with Gasteiger partial charge in [-0.1, -0.05) is 6.92 Å². The predicted molar refractivity (Wildman–Crippen MR) is 93.0 cm³/mol. The lowest BCUT2D eigenvalue weighted by molar-refractivity contribution is 0.119. The molecule has 1 fully saturated rings. The first-order valence-corrected chi connectivity index (χ1v) is 10.0. The van der Waals surface area contributed by atoms with Gasteiger partial charge in [0.15, 0.2) is 0 Å². The number of hydrogen-bond donors (Lipinski definition) is 1. The standard InChI is InChI=1S/C17H22N4O3S/c1-2-20-8-9-21(12-15(20)17-18-6-7-19-17)25(22,23)14-3-4-16-13(11-14)5-10-24-16/h3-4,6-7,11,15H,2,5,8-10,12H2,1H3,(H,18,19). The normalized spacial score (nSPS) is 21.9. The van der Waals surface area contributed by atoms with Crippen molar-refractivity contribution in [1.29, 1.82) is 0 Å². The molecule has 1 aromatic heterocycles. The fourth-order valence-electron chi connectivity index (χ4n) is 3.58. The molecular weight excluding hydrogens is 340 g/mol. The van der Waals surface area contributed by atoms with Crippen molar-refractivity contribution < 1.29 is 13.2 Å². The minimum Gasteiger partial charge on any atom is -0.493 e. The molecule has 1 saturated heterocycles. The molecule has 0 saturated carbocycles. The number of rotatable bonds is 4. The molecule has 2 aliphatic heterocycles. The maximum atomic E-state index is 13.1. The quantitative estimate of drug-likeness (QED) is 0.890. The van der Waals surface area contributed by atoms with E-state index in [-0.39, 0.29) is 6.04 Å². The van der Waals surface area contributed by atoms with E-state index >= 15 is 0 Å². The van der Waals surface area contributed by atoms with Crippen molar-refractivity contribution in [2.75, 3.05) is 32.8 Å². The summed E-state index contributed by atoms with van der Waals surface area (Å²) in [6.45, 7) is 5.14. The molecule has 7 nitrogen and oxygen atoms in total. The lowest BCUT2D eigenvalue weighted by atomic mass is 10.2. The Morgan fingerprint density at radius 2 is 2.24 bits per heavy atom. The number of nitrogens with zero attached hydrogens (tertiary/aromatic N) is 3. The third-order valence-electron chi connectivity index (χ3n) is 4.99. The maximum Gasteiger partial charge on any atom is 0.243 e. The summed E-state index contributed by atoms with van der Waals surface area (Å²) in [7, 11) is -3.53. The summed E-state index contributed by atoms with van der Waals surface area (Å²) >= 11 is 0. The summed E-state index contributed by atoms with van der Waals surface area (Å²) in [4.78, 5) is 10.1. The van der Waals surface area contributed by atoms with Crippen LogP contribution in [0.25, 0.3) is 0 Å². The van der Waals surface area contributed by atoms with Gasteiger partial charge in [0.2, 0.25) is 10.0 Å². The Morgan fingerprint density at radius 3 is 3.00 bits per heavy atom. The summed E-state index contributed by atoms with van der Waals surface area (Å²) in [5, 5.41) is 0. The zero-order valence-electron chi connectivity index (χ0n) is 14.2. The van der Waals surface area contributed by atoms with Gasteiger partial charge in [-0.2, -0.15) is 4.31 Å². The number of H-pyrrole nitrogens is 1. The van der Waals surface area contributed by atoms with Gasteiger partial charge in [-0.25, -0.2) is 13.4 Å². The Bertz CT molecular complexity index is 851. The van der Waals surface area contributed by atoms with E-state index in [1.165, 1.54) is 0 Å². The van der Waals surface area contributed by atoms with E-state index in [9.17, 15) is 8.42 Å². The molecule has 1 atom stereocenters.